The molecule has 0 atom stereocenters. The van der Waals surface area contributed by atoms with E-state index in [1.165, 1.54) is 25.7 Å². The third-order valence-electron chi connectivity index (χ3n) is 3.38. The highest BCUT2D eigenvalue weighted by atomic mass is 35.5. The van der Waals surface area contributed by atoms with Crippen molar-refractivity contribution in [3.05, 3.63) is 35.6 Å². The van der Waals surface area contributed by atoms with Crippen LogP contribution in [0.4, 0.5) is 0 Å². The number of aromatic nitrogens is 3. The zero-order valence-corrected chi connectivity index (χ0v) is 10.3. The monoisotopic (exact) mass is 247 g/mol. The predicted molar refractivity (Wildman–Crippen MR) is 68.0 cm³/mol. The molecule has 1 heterocycles. The molecule has 0 radical (unpaired) electrons. The van der Waals surface area contributed by atoms with E-state index < -0.39 is 0 Å². The van der Waals surface area contributed by atoms with E-state index in [4.69, 9.17) is 11.6 Å². The lowest BCUT2D eigenvalue weighted by Crippen LogP contribution is -2.06. The SMILES string of the molecule is Clc1nnc(-c2ccccc2)n1C1CCCC1. The summed E-state index contributed by atoms with van der Waals surface area (Å²) in [7, 11) is 0. The second kappa shape index (κ2) is 4.49. The van der Waals surface area contributed by atoms with Crippen molar-refractivity contribution in [2.24, 2.45) is 0 Å². The summed E-state index contributed by atoms with van der Waals surface area (Å²) in [4.78, 5) is 0. The minimum Gasteiger partial charge on any atom is -0.295 e. The minimum atomic E-state index is 0.465. The highest BCUT2D eigenvalue weighted by Gasteiger charge is 2.23. The molecule has 0 N–H and O–H groups in total. The van der Waals surface area contributed by atoms with Crippen molar-refractivity contribution in [1.82, 2.24) is 14.8 Å². The Morgan fingerprint density at radius 1 is 1.06 bits per heavy atom. The number of nitrogens with zero attached hydrogens (tertiary/aromatic N) is 3. The second-order valence-electron chi connectivity index (χ2n) is 4.47. The van der Waals surface area contributed by atoms with E-state index in [9.17, 15) is 0 Å². The summed E-state index contributed by atoms with van der Waals surface area (Å²) in [5.41, 5.74) is 1.08. The first-order valence-electron chi connectivity index (χ1n) is 6.02. The molecule has 1 aliphatic carbocycles. The molecule has 1 aliphatic rings. The van der Waals surface area contributed by atoms with Crippen molar-refractivity contribution in [2.75, 3.05) is 0 Å². The number of rotatable bonds is 2. The van der Waals surface area contributed by atoms with Crippen molar-refractivity contribution >= 4 is 11.6 Å². The van der Waals surface area contributed by atoms with E-state index in [1.54, 1.807) is 0 Å². The molecular formula is C13H14ClN3. The topological polar surface area (TPSA) is 30.7 Å². The highest BCUT2D eigenvalue weighted by Crippen LogP contribution is 2.35. The number of benzene rings is 1. The van der Waals surface area contributed by atoms with Crippen LogP contribution in [0.15, 0.2) is 30.3 Å². The van der Waals surface area contributed by atoms with Gasteiger partial charge in [0, 0.05) is 11.6 Å². The number of hydrogen-bond donors (Lipinski definition) is 0. The molecule has 3 nitrogen and oxygen atoms in total. The van der Waals surface area contributed by atoms with Gasteiger partial charge in [-0.3, -0.25) is 4.57 Å². The van der Waals surface area contributed by atoms with Gasteiger partial charge in [-0.2, -0.15) is 0 Å². The Balaban J connectivity index is 2.06. The summed E-state index contributed by atoms with van der Waals surface area (Å²) in [5, 5.41) is 8.74. The van der Waals surface area contributed by atoms with Crippen molar-refractivity contribution in [1.29, 1.82) is 0 Å². The summed E-state index contributed by atoms with van der Waals surface area (Å²) in [6.45, 7) is 0. The predicted octanol–water partition coefficient (Wildman–Crippen LogP) is 3.71. The van der Waals surface area contributed by atoms with E-state index in [2.05, 4.69) is 14.8 Å². The van der Waals surface area contributed by atoms with Gasteiger partial charge in [-0.25, -0.2) is 0 Å². The van der Waals surface area contributed by atoms with Gasteiger partial charge in [0.2, 0.25) is 5.28 Å². The van der Waals surface area contributed by atoms with Crippen LogP contribution in [0, 0.1) is 0 Å². The average Bonchev–Trinajstić information content (AvgIpc) is 2.99. The van der Waals surface area contributed by atoms with E-state index >= 15 is 0 Å². The van der Waals surface area contributed by atoms with Crippen molar-refractivity contribution in [3.63, 3.8) is 0 Å². The molecule has 1 saturated carbocycles. The average molecular weight is 248 g/mol. The first-order valence-corrected chi connectivity index (χ1v) is 6.40. The van der Waals surface area contributed by atoms with Gasteiger partial charge < -0.3 is 0 Å². The second-order valence-corrected chi connectivity index (χ2v) is 4.81. The maximum Gasteiger partial charge on any atom is 0.225 e. The first kappa shape index (κ1) is 10.8. The normalized spacial score (nSPS) is 16.5. The zero-order chi connectivity index (χ0) is 11.7. The molecule has 1 aromatic carbocycles. The molecule has 0 spiro atoms. The smallest absolute Gasteiger partial charge is 0.225 e. The van der Waals surface area contributed by atoms with Crippen LogP contribution in [-0.2, 0) is 0 Å². The first-order chi connectivity index (χ1) is 8.36. The van der Waals surface area contributed by atoms with E-state index in [-0.39, 0.29) is 0 Å². The lowest BCUT2D eigenvalue weighted by atomic mass is 10.2. The van der Waals surface area contributed by atoms with Gasteiger partial charge in [0.15, 0.2) is 5.82 Å². The molecular weight excluding hydrogens is 234 g/mol. The molecule has 1 fully saturated rings. The van der Waals surface area contributed by atoms with Gasteiger partial charge in [-0.1, -0.05) is 43.2 Å². The van der Waals surface area contributed by atoms with E-state index in [0.29, 0.717) is 11.3 Å². The lowest BCUT2D eigenvalue weighted by Gasteiger charge is -2.14. The molecule has 88 valence electrons. The summed E-state index contributed by atoms with van der Waals surface area (Å²) < 4.78 is 2.09. The maximum atomic E-state index is 6.16. The Bertz CT molecular complexity index is 501. The van der Waals surface area contributed by atoms with Crippen molar-refractivity contribution < 1.29 is 0 Å². The molecule has 0 saturated heterocycles. The minimum absolute atomic E-state index is 0.465. The van der Waals surface area contributed by atoms with Crippen LogP contribution in [0.5, 0.6) is 0 Å². The zero-order valence-electron chi connectivity index (χ0n) is 9.51. The highest BCUT2D eigenvalue weighted by molar-refractivity contribution is 6.28. The van der Waals surface area contributed by atoms with Crippen molar-refractivity contribution in [3.8, 4) is 11.4 Å². The van der Waals surface area contributed by atoms with Crippen LogP contribution in [0.2, 0.25) is 5.28 Å². The third kappa shape index (κ3) is 1.95. The molecule has 0 aliphatic heterocycles. The van der Waals surface area contributed by atoms with Crippen LogP contribution in [0.25, 0.3) is 11.4 Å². The van der Waals surface area contributed by atoms with E-state index in [0.717, 1.165) is 11.4 Å². The lowest BCUT2D eigenvalue weighted by molar-refractivity contribution is 0.522. The summed E-state index contributed by atoms with van der Waals surface area (Å²) in [6.07, 6.45) is 4.90. The van der Waals surface area contributed by atoms with Gasteiger partial charge >= 0.3 is 0 Å². The van der Waals surface area contributed by atoms with Gasteiger partial charge in [0.1, 0.15) is 0 Å². The standard InChI is InChI=1S/C13H14ClN3/c14-13-16-15-12(10-6-2-1-3-7-10)17(13)11-8-4-5-9-11/h1-3,6-7,11H,4-5,8-9H2. The molecule has 0 amide bonds. The largest absolute Gasteiger partial charge is 0.295 e. The van der Waals surface area contributed by atoms with Gasteiger partial charge in [0.05, 0.1) is 0 Å². The Morgan fingerprint density at radius 3 is 2.47 bits per heavy atom. The Hall–Kier alpha value is -1.35. The summed E-state index contributed by atoms with van der Waals surface area (Å²) in [5.74, 6) is 0.891. The van der Waals surface area contributed by atoms with Crippen LogP contribution in [0.3, 0.4) is 0 Å². The molecule has 2 aromatic rings. The summed E-state index contributed by atoms with van der Waals surface area (Å²) >= 11 is 6.16. The quantitative estimate of drug-likeness (QED) is 0.810. The summed E-state index contributed by atoms with van der Waals surface area (Å²) in [6, 6.07) is 10.6. The molecule has 0 unspecified atom stereocenters. The number of hydrogen-bond acceptors (Lipinski definition) is 2. The fourth-order valence-electron chi connectivity index (χ4n) is 2.54. The molecule has 0 bridgehead atoms. The van der Waals surface area contributed by atoms with E-state index in [1.807, 2.05) is 30.3 Å². The molecule has 4 heteroatoms. The Labute approximate surface area is 105 Å². The van der Waals surface area contributed by atoms with Crippen LogP contribution < -0.4 is 0 Å². The van der Waals surface area contributed by atoms with Crippen LogP contribution in [0.1, 0.15) is 31.7 Å². The van der Waals surface area contributed by atoms with Crippen molar-refractivity contribution in [2.45, 2.75) is 31.7 Å². The molecule has 3 rings (SSSR count). The Morgan fingerprint density at radius 2 is 1.76 bits per heavy atom. The van der Waals surface area contributed by atoms with Crippen LogP contribution in [-0.4, -0.2) is 14.8 Å². The maximum absolute atomic E-state index is 6.16. The number of halogens is 1. The van der Waals surface area contributed by atoms with Crippen LogP contribution >= 0.6 is 11.6 Å². The Kier molecular flexibility index (Phi) is 2.85. The van der Waals surface area contributed by atoms with Gasteiger partial charge in [-0.05, 0) is 24.4 Å². The van der Waals surface area contributed by atoms with Gasteiger partial charge in [-0.15, -0.1) is 10.2 Å². The molecule has 17 heavy (non-hydrogen) atoms. The van der Waals surface area contributed by atoms with Gasteiger partial charge in [0.25, 0.3) is 0 Å². The molecule has 1 aromatic heterocycles. The fourth-order valence-corrected chi connectivity index (χ4v) is 2.80. The fraction of sp³-hybridized carbons (Fsp3) is 0.385. The third-order valence-corrected chi connectivity index (χ3v) is 3.63.